The predicted octanol–water partition coefficient (Wildman–Crippen LogP) is 3.59. The van der Waals surface area contributed by atoms with Gasteiger partial charge in [-0.25, -0.2) is 4.39 Å². The van der Waals surface area contributed by atoms with E-state index in [1.165, 1.54) is 54.3 Å². The lowest BCUT2D eigenvalue weighted by Crippen LogP contribution is -2.24. The quantitative estimate of drug-likeness (QED) is 0.288. The average Bonchev–Trinajstić information content (AvgIpc) is 2.88. The Morgan fingerprint density at radius 3 is 2.40 bits per heavy atom. The van der Waals surface area contributed by atoms with Crippen LogP contribution in [0.25, 0.3) is 0 Å². The van der Waals surface area contributed by atoms with Crippen LogP contribution in [-0.2, 0) is 11.3 Å². The fourth-order valence-corrected chi connectivity index (χ4v) is 3.32. The first-order chi connectivity index (χ1) is 17.0. The summed E-state index contributed by atoms with van der Waals surface area (Å²) in [6, 6.07) is 13.5. The van der Waals surface area contributed by atoms with Crippen LogP contribution in [0.5, 0.6) is 17.2 Å². The van der Waals surface area contributed by atoms with Crippen LogP contribution in [0.3, 0.4) is 0 Å². The molecule has 0 amide bonds. The van der Waals surface area contributed by atoms with Gasteiger partial charge in [-0.1, -0.05) is 0 Å². The molecule has 8 nitrogen and oxygen atoms in total. The number of ketones is 1. The second kappa shape index (κ2) is 12.3. The highest BCUT2D eigenvalue weighted by Gasteiger charge is 2.19. The minimum atomic E-state index is -0.472. The number of carbonyl (C=O) groups is 1. The Morgan fingerprint density at radius 1 is 1.00 bits per heavy atom. The Kier molecular flexibility index (Phi) is 8.98. The maximum Gasteiger partial charge on any atom is 0.268 e. The maximum absolute atomic E-state index is 13.4. The molecule has 35 heavy (non-hydrogen) atoms. The first-order valence-corrected chi connectivity index (χ1v) is 10.8. The molecular weight excluding hydrogens is 455 g/mol. The number of carbonyl (C=O) groups excluding carboxylic acids is 1. The Hall–Kier alpha value is -4.16. The van der Waals surface area contributed by atoms with Crippen molar-refractivity contribution < 1.29 is 28.1 Å². The third-order valence-electron chi connectivity index (χ3n) is 5.07. The van der Waals surface area contributed by atoms with Crippen LogP contribution in [0.2, 0.25) is 0 Å². The largest absolute Gasteiger partial charge is 0.497 e. The van der Waals surface area contributed by atoms with Crippen LogP contribution >= 0.6 is 0 Å². The standard InChI is InChI=1S/C26H25FN2O6/c1-32-11-3-10-29-17-19(14-18(16-28)26(29)31)25(30)23-15-22(33-2)8-9-24(23)35-13-12-34-21-6-4-20(27)5-7-21/h4-9,14-15,17H,3,10-13H2,1-2H3. The third-order valence-corrected chi connectivity index (χ3v) is 5.07. The van der Waals surface area contributed by atoms with E-state index in [4.69, 9.17) is 18.9 Å². The Labute approximate surface area is 202 Å². The number of hydrogen-bond acceptors (Lipinski definition) is 7. The van der Waals surface area contributed by atoms with Gasteiger partial charge in [-0.3, -0.25) is 9.59 Å². The van der Waals surface area contributed by atoms with Crippen molar-refractivity contribution in [3.05, 3.63) is 87.6 Å². The average molecular weight is 480 g/mol. The zero-order chi connectivity index (χ0) is 25.2. The topological polar surface area (TPSA) is 99.8 Å². The molecule has 182 valence electrons. The number of hydrogen-bond donors (Lipinski definition) is 0. The van der Waals surface area contributed by atoms with Gasteiger partial charge in [0.05, 0.1) is 12.7 Å². The van der Waals surface area contributed by atoms with Crippen LogP contribution in [0.1, 0.15) is 27.9 Å². The number of benzene rings is 2. The van der Waals surface area contributed by atoms with E-state index in [1.54, 1.807) is 19.2 Å². The smallest absolute Gasteiger partial charge is 0.268 e. The van der Waals surface area contributed by atoms with E-state index in [-0.39, 0.29) is 41.5 Å². The van der Waals surface area contributed by atoms with E-state index in [9.17, 15) is 19.2 Å². The number of aryl methyl sites for hydroxylation is 1. The summed E-state index contributed by atoms with van der Waals surface area (Å²) in [7, 11) is 3.03. The summed E-state index contributed by atoms with van der Waals surface area (Å²) in [6.45, 7) is 1.00. The number of halogens is 1. The summed E-state index contributed by atoms with van der Waals surface area (Å²) in [6.07, 6.45) is 1.97. The first-order valence-electron chi connectivity index (χ1n) is 10.8. The molecule has 0 N–H and O–H groups in total. The highest BCUT2D eigenvalue weighted by atomic mass is 19.1. The molecule has 0 atom stereocenters. The van der Waals surface area contributed by atoms with Crippen molar-refractivity contribution in [1.29, 1.82) is 5.26 Å². The Bertz CT molecular complexity index is 1260. The van der Waals surface area contributed by atoms with E-state index < -0.39 is 11.3 Å². The highest BCUT2D eigenvalue weighted by molar-refractivity contribution is 6.11. The predicted molar refractivity (Wildman–Crippen MR) is 126 cm³/mol. The number of pyridine rings is 1. The summed E-state index contributed by atoms with van der Waals surface area (Å²) in [4.78, 5) is 25.9. The van der Waals surface area contributed by atoms with Gasteiger partial charge in [-0.2, -0.15) is 5.26 Å². The van der Waals surface area contributed by atoms with Crippen molar-refractivity contribution in [2.45, 2.75) is 13.0 Å². The molecule has 0 unspecified atom stereocenters. The monoisotopic (exact) mass is 480 g/mol. The van der Waals surface area contributed by atoms with Gasteiger partial charge in [-0.05, 0) is 55.0 Å². The van der Waals surface area contributed by atoms with Crippen molar-refractivity contribution in [3.8, 4) is 23.3 Å². The van der Waals surface area contributed by atoms with Gasteiger partial charge < -0.3 is 23.5 Å². The first kappa shape index (κ1) is 25.5. The van der Waals surface area contributed by atoms with Gasteiger partial charge in [0, 0.05) is 32.0 Å². The molecule has 1 heterocycles. The van der Waals surface area contributed by atoms with Gasteiger partial charge in [0.15, 0.2) is 5.78 Å². The fourth-order valence-electron chi connectivity index (χ4n) is 3.32. The molecule has 0 radical (unpaired) electrons. The van der Waals surface area contributed by atoms with Gasteiger partial charge in [0.25, 0.3) is 5.56 Å². The minimum absolute atomic E-state index is 0.115. The maximum atomic E-state index is 13.4. The molecule has 0 bridgehead atoms. The molecule has 3 aromatic rings. The number of aromatic nitrogens is 1. The molecule has 2 aromatic carbocycles. The molecule has 0 aliphatic rings. The zero-order valence-corrected chi connectivity index (χ0v) is 19.5. The molecule has 0 spiro atoms. The lowest BCUT2D eigenvalue weighted by atomic mass is 10.0. The molecule has 3 rings (SSSR count). The van der Waals surface area contributed by atoms with Crippen molar-refractivity contribution in [1.82, 2.24) is 4.57 Å². The summed E-state index contributed by atoms with van der Waals surface area (Å²) in [5.41, 5.74) is -0.233. The Balaban J connectivity index is 1.82. The number of ether oxygens (including phenoxy) is 4. The summed E-state index contributed by atoms with van der Waals surface area (Å²) in [5.74, 6) is 0.419. The molecule has 1 aromatic heterocycles. The SMILES string of the molecule is COCCCn1cc(C(=O)c2cc(OC)ccc2OCCOc2ccc(F)cc2)cc(C#N)c1=O. The molecule has 0 saturated heterocycles. The Morgan fingerprint density at radius 2 is 1.71 bits per heavy atom. The number of nitriles is 1. The van der Waals surface area contributed by atoms with Crippen LogP contribution in [0.15, 0.2) is 59.5 Å². The molecular formula is C26H25FN2O6. The van der Waals surface area contributed by atoms with Crippen LogP contribution in [0.4, 0.5) is 4.39 Å². The van der Waals surface area contributed by atoms with E-state index in [1.807, 2.05) is 6.07 Å². The lowest BCUT2D eigenvalue weighted by Gasteiger charge is -2.14. The van der Waals surface area contributed by atoms with Crippen LogP contribution < -0.4 is 19.8 Å². The summed E-state index contributed by atoms with van der Waals surface area (Å²) < 4.78 is 36.0. The number of rotatable bonds is 12. The van der Waals surface area contributed by atoms with Crippen molar-refractivity contribution in [2.24, 2.45) is 0 Å². The van der Waals surface area contributed by atoms with E-state index in [0.717, 1.165) is 0 Å². The lowest BCUT2D eigenvalue weighted by molar-refractivity contribution is 0.103. The minimum Gasteiger partial charge on any atom is -0.497 e. The molecule has 0 aliphatic heterocycles. The van der Waals surface area contributed by atoms with Gasteiger partial charge in [0.2, 0.25) is 0 Å². The van der Waals surface area contributed by atoms with Crippen molar-refractivity contribution >= 4 is 5.78 Å². The summed E-state index contributed by atoms with van der Waals surface area (Å²) in [5, 5.41) is 9.40. The normalized spacial score (nSPS) is 10.5. The molecule has 0 aliphatic carbocycles. The van der Waals surface area contributed by atoms with Crippen molar-refractivity contribution in [3.63, 3.8) is 0 Å². The van der Waals surface area contributed by atoms with E-state index >= 15 is 0 Å². The van der Waals surface area contributed by atoms with Crippen molar-refractivity contribution in [2.75, 3.05) is 34.0 Å². The van der Waals surface area contributed by atoms with E-state index in [2.05, 4.69) is 0 Å². The molecule has 0 fully saturated rings. The highest BCUT2D eigenvalue weighted by Crippen LogP contribution is 2.27. The van der Waals surface area contributed by atoms with E-state index in [0.29, 0.717) is 31.1 Å². The fraction of sp³-hybridized carbons (Fsp3) is 0.269. The number of methoxy groups -OCH3 is 2. The molecule has 9 heteroatoms. The molecule has 0 saturated carbocycles. The summed E-state index contributed by atoms with van der Waals surface area (Å²) >= 11 is 0. The van der Waals surface area contributed by atoms with Crippen LogP contribution in [0, 0.1) is 17.1 Å². The number of nitrogens with zero attached hydrogens (tertiary/aromatic N) is 2. The second-order valence-corrected chi connectivity index (χ2v) is 7.44. The van der Waals surface area contributed by atoms with Gasteiger partial charge >= 0.3 is 0 Å². The third kappa shape index (κ3) is 6.68. The van der Waals surface area contributed by atoms with Crippen LogP contribution in [-0.4, -0.2) is 44.4 Å². The zero-order valence-electron chi connectivity index (χ0n) is 19.5. The second-order valence-electron chi connectivity index (χ2n) is 7.44. The van der Waals surface area contributed by atoms with Gasteiger partial charge in [0.1, 0.15) is 47.9 Å². The van der Waals surface area contributed by atoms with Gasteiger partial charge in [-0.15, -0.1) is 0 Å².